The van der Waals surface area contributed by atoms with Gasteiger partial charge in [0.15, 0.2) is 0 Å². The van der Waals surface area contributed by atoms with Crippen molar-refractivity contribution >= 4 is 17.8 Å². The summed E-state index contributed by atoms with van der Waals surface area (Å²) >= 11 is 0. The van der Waals surface area contributed by atoms with Crippen LogP contribution in [0.5, 0.6) is 0 Å². The normalized spacial score (nSPS) is 18.0. The van der Waals surface area contributed by atoms with E-state index < -0.39 is 18.1 Å². The Morgan fingerprint density at radius 3 is 1.93 bits per heavy atom. The molecule has 0 radical (unpaired) electrons. The number of nitrogens with one attached hydrogen (secondary N) is 2. The zero-order chi connectivity index (χ0) is 21.3. The van der Waals surface area contributed by atoms with Gasteiger partial charge in [0.2, 0.25) is 11.8 Å². The first-order valence-electron chi connectivity index (χ1n) is 10.2. The maximum absolute atomic E-state index is 12.8. The van der Waals surface area contributed by atoms with Crippen molar-refractivity contribution in [3.63, 3.8) is 0 Å². The van der Waals surface area contributed by atoms with Crippen molar-refractivity contribution in [1.29, 1.82) is 0 Å². The van der Waals surface area contributed by atoms with Gasteiger partial charge in [0.25, 0.3) is 0 Å². The molecule has 2 N–H and O–H groups in total. The van der Waals surface area contributed by atoms with E-state index in [9.17, 15) is 14.4 Å². The number of amides is 2. The summed E-state index contributed by atoms with van der Waals surface area (Å²) in [5, 5.41) is 5.63. The topological polar surface area (TPSA) is 91.0 Å². The molecular weight excluding hydrogens is 360 g/mol. The Kier molecular flexibility index (Phi) is 10.5. The summed E-state index contributed by atoms with van der Waals surface area (Å²) < 4.78 is 4.81. The number of hydrogen-bond acceptors (Lipinski definition) is 6. The first-order valence-corrected chi connectivity index (χ1v) is 10.2. The Morgan fingerprint density at radius 1 is 0.893 bits per heavy atom. The van der Waals surface area contributed by atoms with Crippen LogP contribution in [-0.2, 0) is 19.1 Å². The second-order valence-corrected chi connectivity index (χ2v) is 8.54. The highest BCUT2D eigenvalue weighted by atomic mass is 16.5. The Morgan fingerprint density at radius 2 is 1.43 bits per heavy atom. The molecule has 1 saturated heterocycles. The van der Waals surface area contributed by atoms with Crippen LogP contribution in [0.1, 0.15) is 40.5 Å². The number of carbonyl (C=O) groups is 3. The molecule has 1 heterocycles. The predicted molar refractivity (Wildman–Crippen MR) is 109 cm³/mol. The minimum absolute atomic E-state index is 0.163. The third-order valence-electron chi connectivity index (χ3n) is 4.83. The molecule has 1 fully saturated rings. The van der Waals surface area contributed by atoms with Gasteiger partial charge in [0, 0.05) is 26.2 Å². The van der Waals surface area contributed by atoms with Gasteiger partial charge in [-0.1, -0.05) is 27.7 Å². The van der Waals surface area contributed by atoms with Gasteiger partial charge in [-0.15, -0.1) is 0 Å². The molecule has 0 aliphatic carbocycles. The van der Waals surface area contributed by atoms with Crippen molar-refractivity contribution in [3.05, 3.63) is 0 Å². The smallest absolute Gasteiger partial charge is 0.328 e. The van der Waals surface area contributed by atoms with Crippen LogP contribution in [0.25, 0.3) is 0 Å². The van der Waals surface area contributed by atoms with Gasteiger partial charge < -0.3 is 20.3 Å². The van der Waals surface area contributed by atoms with Crippen LogP contribution in [-0.4, -0.2) is 86.5 Å². The third kappa shape index (κ3) is 9.01. The maximum Gasteiger partial charge on any atom is 0.328 e. The highest BCUT2D eigenvalue weighted by Crippen LogP contribution is 2.10. The predicted octanol–water partition coefficient (Wildman–Crippen LogP) is 0.469. The van der Waals surface area contributed by atoms with Gasteiger partial charge in [0.1, 0.15) is 12.1 Å². The van der Waals surface area contributed by atoms with E-state index >= 15 is 0 Å². The summed E-state index contributed by atoms with van der Waals surface area (Å²) in [7, 11) is 3.38. The number of piperazine rings is 1. The fraction of sp³-hybridized carbons (Fsp3) is 0.850. The molecule has 0 unspecified atom stereocenters. The van der Waals surface area contributed by atoms with E-state index in [1.165, 1.54) is 7.11 Å². The molecule has 8 nitrogen and oxygen atoms in total. The van der Waals surface area contributed by atoms with Gasteiger partial charge in [0.05, 0.1) is 13.7 Å². The first kappa shape index (κ1) is 24.4. The monoisotopic (exact) mass is 398 g/mol. The summed E-state index contributed by atoms with van der Waals surface area (Å²) in [5.74, 6) is -0.518. The van der Waals surface area contributed by atoms with E-state index in [0.29, 0.717) is 12.8 Å². The Hall–Kier alpha value is -1.67. The van der Waals surface area contributed by atoms with Crippen molar-refractivity contribution in [2.75, 3.05) is 46.9 Å². The summed E-state index contributed by atoms with van der Waals surface area (Å²) in [5.41, 5.74) is 0. The van der Waals surface area contributed by atoms with Crippen LogP contribution in [0, 0.1) is 11.8 Å². The molecule has 28 heavy (non-hydrogen) atoms. The summed E-state index contributed by atoms with van der Waals surface area (Å²) in [6, 6.07) is -1.37. The average Bonchev–Trinajstić information content (AvgIpc) is 2.61. The van der Waals surface area contributed by atoms with E-state index in [1.54, 1.807) is 0 Å². The molecule has 0 aromatic rings. The second kappa shape index (κ2) is 12.0. The van der Waals surface area contributed by atoms with Crippen LogP contribution in [0.2, 0.25) is 0 Å². The molecule has 1 aliphatic rings. The summed E-state index contributed by atoms with van der Waals surface area (Å²) in [6.45, 7) is 11.8. The molecule has 1 rings (SSSR count). The molecule has 0 bridgehead atoms. The molecule has 8 heteroatoms. The molecule has 0 aromatic carbocycles. The number of hydrogen-bond donors (Lipinski definition) is 2. The number of carbonyl (C=O) groups excluding carboxylic acids is 3. The van der Waals surface area contributed by atoms with E-state index in [2.05, 4.69) is 27.5 Å². The zero-order valence-corrected chi connectivity index (χ0v) is 18.3. The van der Waals surface area contributed by atoms with Crippen molar-refractivity contribution < 1.29 is 19.1 Å². The van der Waals surface area contributed by atoms with Crippen LogP contribution < -0.4 is 10.6 Å². The lowest BCUT2D eigenvalue weighted by atomic mass is 10.0. The highest BCUT2D eigenvalue weighted by Gasteiger charge is 2.29. The Bertz CT molecular complexity index is 516. The average molecular weight is 399 g/mol. The standard InChI is InChI=1S/C20H38N4O4/c1-14(2)11-16(19(26)22-17(12-15(3)4)20(27)28-6)21-18(25)13-24-9-7-23(5)8-10-24/h14-17H,7-13H2,1-6H3,(H,21,25)(H,22,26)/t16-,17-/m0/s1. The van der Waals surface area contributed by atoms with E-state index in [4.69, 9.17) is 4.74 Å². The molecular formula is C20H38N4O4. The fourth-order valence-corrected chi connectivity index (χ4v) is 3.25. The van der Waals surface area contributed by atoms with Gasteiger partial charge in [-0.2, -0.15) is 0 Å². The largest absolute Gasteiger partial charge is 0.467 e. The van der Waals surface area contributed by atoms with Crippen LogP contribution >= 0.6 is 0 Å². The third-order valence-corrected chi connectivity index (χ3v) is 4.83. The first-order chi connectivity index (χ1) is 13.1. The van der Waals surface area contributed by atoms with E-state index in [1.807, 2.05) is 27.7 Å². The van der Waals surface area contributed by atoms with Gasteiger partial charge >= 0.3 is 5.97 Å². The van der Waals surface area contributed by atoms with Gasteiger partial charge in [-0.05, 0) is 31.7 Å². The molecule has 1 aliphatic heterocycles. The van der Waals surface area contributed by atoms with Crippen molar-refractivity contribution in [2.45, 2.75) is 52.6 Å². The lowest BCUT2D eigenvalue weighted by molar-refractivity contribution is -0.146. The quantitative estimate of drug-likeness (QED) is 0.520. The lowest BCUT2D eigenvalue weighted by Crippen LogP contribution is -2.55. The van der Waals surface area contributed by atoms with Crippen LogP contribution in [0.15, 0.2) is 0 Å². The number of nitrogens with zero attached hydrogens (tertiary/aromatic N) is 2. The minimum atomic E-state index is -0.707. The second-order valence-electron chi connectivity index (χ2n) is 8.54. The van der Waals surface area contributed by atoms with Gasteiger partial charge in [-0.3, -0.25) is 14.5 Å². The molecule has 2 amide bonds. The molecule has 0 aromatic heterocycles. The van der Waals surface area contributed by atoms with Crippen LogP contribution in [0.3, 0.4) is 0 Å². The number of ether oxygens (including phenoxy) is 1. The van der Waals surface area contributed by atoms with Crippen LogP contribution in [0.4, 0.5) is 0 Å². The molecule has 162 valence electrons. The van der Waals surface area contributed by atoms with E-state index in [0.717, 1.165) is 26.2 Å². The number of rotatable bonds is 10. The maximum atomic E-state index is 12.8. The number of esters is 1. The summed E-state index contributed by atoms with van der Waals surface area (Å²) in [4.78, 5) is 41.6. The highest BCUT2D eigenvalue weighted by molar-refractivity contribution is 5.91. The van der Waals surface area contributed by atoms with Crippen molar-refractivity contribution in [1.82, 2.24) is 20.4 Å². The fourth-order valence-electron chi connectivity index (χ4n) is 3.25. The van der Waals surface area contributed by atoms with Crippen molar-refractivity contribution in [3.8, 4) is 0 Å². The Balaban J connectivity index is 2.69. The van der Waals surface area contributed by atoms with E-state index in [-0.39, 0.29) is 30.2 Å². The minimum Gasteiger partial charge on any atom is -0.467 e. The SMILES string of the molecule is COC(=O)[C@H](CC(C)C)NC(=O)[C@H](CC(C)C)NC(=O)CN1CCN(C)CC1. The van der Waals surface area contributed by atoms with Gasteiger partial charge in [-0.25, -0.2) is 4.79 Å². The lowest BCUT2D eigenvalue weighted by Gasteiger charge is -2.32. The Labute approximate surface area is 169 Å². The molecule has 0 spiro atoms. The molecule has 0 saturated carbocycles. The molecule has 2 atom stereocenters. The number of methoxy groups -OCH3 is 1. The summed E-state index contributed by atoms with van der Waals surface area (Å²) in [6.07, 6.45) is 0.998. The van der Waals surface area contributed by atoms with Crippen molar-refractivity contribution in [2.24, 2.45) is 11.8 Å². The zero-order valence-electron chi connectivity index (χ0n) is 18.3. The number of likely N-dealkylation sites (N-methyl/N-ethyl adjacent to an activating group) is 1.